The van der Waals surface area contributed by atoms with Crippen molar-refractivity contribution in [2.24, 2.45) is 0 Å². The van der Waals surface area contributed by atoms with Crippen molar-refractivity contribution in [3.63, 3.8) is 0 Å². The lowest BCUT2D eigenvalue weighted by atomic mass is 10.5. The maximum Gasteiger partial charge on any atom is 0.332 e. The van der Waals surface area contributed by atoms with Crippen LogP contribution in [0.3, 0.4) is 0 Å². The van der Waals surface area contributed by atoms with Gasteiger partial charge >= 0.3 is 5.97 Å². The summed E-state index contributed by atoms with van der Waals surface area (Å²) in [6, 6.07) is 3.20. The van der Waals surface area contributed by atoms with E-state index in [1.807, 2.05) is 6.92 Å². The monoisotopic (exact) mass is 258 g/mol. The van der Waals surface area contributed by atoms with E-state index in [0.29, 0.717) is 6.42 Å². The molecular formula is C13H26O3Si. The Morgan fingerprint density at radius 3 is 2.06 bits per heavy atom. The van der Waals surface area contributed by atoms with E-state index in [1.165, 1.54) is 6.08 Å². The maximum atomic E-state index is 11.4. The highest BCUT2D eigenvalue weighted by atomic mass is 28.4. The number of hydrogen-bond acceptors (Lipinski definition) is 3. The molecule has 0 aromatic carbocycles. The van der Waals surface area contributed by atoms with Crippen LogP contribution in [0.5, 0.6) is 0 Å². The summed E-state index contributed by atoms with van der Waals surface area (Å²) >= 11 is 0. The Bertz CT molecular complexity index is 239. The predicted octanol–water partition coefficient (Wildman–Crippen LogP) is 3.86. The van der Waals surface area contributed by atoms with Crippen LogP contribution in [0, 0.1) is 0 Å². The van der Waals surface area contributed by atoms with Gasteiger partial charge in [-0.2, -0.15) is 0 Å². The van der Waals surface area contributed by atoms with Gasteiger partial charge in [0.25, 0.3) is 0 Å². The lowest BCUT2D eigenvalue weighted by Crippen LogP contribution is -2.41. The predicted molar refractivity (Wildman–Crippen MR) is 73.3 cm³/mol. The van der Waals surface area contributed by atoms with Crippen LogP contribution in [0.25, 0.3) is 0 Å². The van der Waals surface area contributed by atoms with Crippen molar-refractivity contribution < 1.29 is 14.0 Å². The summed E-state index contributed by atoms with van der Waals surface area (Å²) in [7, 11) is -1.69. The van der Waals surface area contributed by atoms with Crippen LogP contribution in [0.2, 0.25) is 18.1 Å². The fraction of sp³-hybridized carbons (Fsp3) is 0.769. The Labute approximate surface area is 106 Å². The van der Waals surface area contributed by atoms with Crippen molar-refractivity contribution in [1.29, 1.82) is 0 Å². The van der Waals surface area contributed by atoms with Crippen molar-refractivity contribution in [3.05, 3.63) is 12.2 Å². The van der Waals surface area contributed by atoms with Crippen LogP contribution in [-0.2, 0) is 14.0 Å². The molecular weight excluding hydrogens is 232 g/mol. The van der Waals surface area contributed by atoms with Crippen molar-refractivity contribution in [1.82, 2.24) is 0 Å². The van der Waals surface area contributed by atoms with Crippen molar-refractivity contribution in [3.8, 4) is 0 Å². The van der Waals surface area contributed by atoms with Crippen LogP contribution in [-0.4, -0.2) is 20.6 Å². The quantitative estimate of drug-likeness (QED) is 0.287. The average Bonchev–Trinajstić information content (AvgIpc) is 2.35. The number of rotatable bonds is 8. The summed E-state index contributed by atoms with van der Waals surface area (Å²) in [5.41, 5.74) is 0. The second kappa shape index (κ2) is 8.47. The van der Waals surface area contributed by atoms with Gasteiger partial charge in [-0.25, -0.2) is 4.79 Å². The Hall–Kier alpha value is -0.613. The van der Waals surface area contributed by atoms with E-state index >= 15 is 0 Å². The minimum atomic E-state index is -1.69. The standard InChI is InChI=1S/C13H26O3Si/c1-6-11-12(14)15-13(7-2)16-17(8-3,9-4)10-5/h6,11,13H,7-10H2,1-5H3/b11-6+. The molecule has 0 aromatic rings. The molecule has 0 fully saturated rings. The van der Waals surface area contributed by atoms with Crippen molar-refractivity contribution in [2.45, 2.75) is 65.5 Å². The van der Waals surface area contributed by atoms with Gasteiger partial charge < -0.3 is 9.16 Å². The van der Waals surface area contributed by atoms with Crippen LogP contribution in [0.4, 0.5) is 0 Å². The van der Waals surface area contributed by atoms with Gasteiger partial charge in [0, 0.05) is 12.5 Å². The third kappa shape index (κ3) is 5.50. The second-order valence-electron chi connectivity index (χ2n) is 4.14. The Morgan fingerprint density at radius 1 is 1.18 bits per heavy atom. The number of hydrogen-bond donors (Lipinski definition) is 0. The second-order valence-corrected chi connectivity index (χ2v) is 8.86. The smallest absolute Gasteiger partial charge is 0.332 e. The Kier molecular flexibility index (Phi) is 8.17. The van der Waals surface area contributed by atoms with Gasteiger partial charge in [0.1, 0.15) is 0 Å². The van der Waals surface area contributed by atoms with Crippen LogP contribution in [0.1, 0.15) is 41.0 Å². The molecule has 0 aliphatic carbocycles. The van der Waals surface area contributed by atoms with E-state index in [4.69, 9.17) is 9.16 Å². The summed E-state index contributed by atoms with van der Waals surface area (Å²) < 4.78 is 11.4. The number of ether oxygens (including phenoxy) is 1. The minimum absolute atomic E-state index is 0.314. The van der Waals surface area contributed by atoms with Gasteiger partial charge in [-0.15, -0.1) is 0 Å². The van der Waals surface area contributed by atoms with E-state index < -0.39 is 8.32 Å². The molecule has 0 N–H and O–H groups in total. The van der Waals surface area contributed by atoms with Gasteiger partial charge in [-0.05, 0) is 25.1 Å². The zero-order valence-electron chi connectivity index (χ0n) is 11.8. The number of carbonyl (C=O) groups is 1. The van der Waals surface area contributed by atoms with Crippen LogP contribution < -0.4 is 0 Å². The molecule has 0 bridgehead atoms. The lowest BCUT2D eigenvalue weighted by molar-refractivity contribution is -0.159. The van der Waals surface area contributed by atoms with E-state index in [2.05, 4.69) is 20.8 Å². The fourth-order valence-electron chi connectivity index (χ4n) is 1.77. The van der Waals surface area contributed by atoms with Gasteiger partial charge in [0.05, 0.1) is 0 Å². The van der Waals surface area contributed by atoms with Gasteiger partial charge in [0.15, 0.2) is 14.6 Å². The number of allylic oxidation sites excluding steroid dienone is 1. The van der Waals surface area contributed by atoms with E-state index in [9.17, 15) is 4.79 Å². The van der Waals surface area contributed by atoms with E-state index in [-0.39, 0.29) is 12.3 Å². The molecule has 1 unspecified atom stereocenters. The minimum Gasteiger partial charge on any atom is -0.434 e. The van der Waals surface area contributed by atoms with Gasteiger partial charge in [0.2, 0.25) is 0 Å². The SMILES string of the molecule is C/C=C/C(=O)OC(CC)O[Si](CC)(CC)CC. The average molecular weight is 258 g/mol. The molecule has 17 heavy (non-hydrogen) atoms. The molecule has 0 saturated carbocycles. The molecule has 0 aromatic heterocycles. The first-order valence-corrected chi connectivity index (χ1v) is 9.11. The number of carbonyl (C=O) groups excluding carboxylic acids is 1. The fourth-order valence-corrected chi connectivity index (χ4v) is 4.55. The molecule has 1 atom stereocenters. The largest absolute Gasteiger partial charge is 0.434 e. The summed E-state index contributed by atoms with van der Waals surface area (Å²) in [6.45, 7) is 10.3. The molecule has 0 spiro atoms. The molecule has 100 valence electrons. The van der Waals surface area contributed by atoms with Crippen molar-refractivity contribution in [2.75, 3.05) is 0 Å². The summed E-state index contributed by atoms with van der Waals surface area (Å²) in [5, 5.41) is 0. The third-order valence-corrected chi connectivity index (χ3v) is 7.83. The molecule has 0 aliphatic rings. The highest BCUT2D eigenvalue weighted by molar-refractivity contribution is 6.73. The first-order valence-electron chi connectivity index (χ1n) is 6.58. The topological polar surface area (TPSA) is 35.5 Å². The molecule has 0 amide bonds. The first-order chi connectivity index (χ1) is 8.07. The third-order valence-electron chi connectivity index (χ3n) is 3.20. The molecule has 0 radical (unpaired) electrons. The zero-order chi connectivity index (χ0) is 13.3. The number of esters is 1. The molecule has 0 saturated heterocycles. The lowest BCUT2D eigenvalue weighted by Gasteiger charge is -2.32. The molecule has 3 nitrogen and oxygen atoms in total. The van der Waals surface area contributed by atoms with Crippen LogP contribution in [0.15, 0.2) is 12.2 Å². The highest BCUT2D eigenvalue weighted by Gasteiger charge is 2.32. The molecule has 0 heterocycles. The summed E-state index contributed by atoms with van der Waals surface area (Å²) in [6.07, 6.45) is 3.43. The summed E-state index contributed by atoms with van der Waals surface area (Å²) in [5.74, 6) is -0.314. The van der Waals surface area contributed by atoms with Gasteiger partial charge in [-0.1, -0.05) is 33.8 Å². The first kappa shape index (κ1) is 16.4. The van der Waals surface area contributed by atoms with Gasteiger partial charge in [-0.3, -0.25) is 0 Å². The molecule has 0 rings (SSSR count). The molecule has 4 heteroatoms. The van der Waals surface area contributed by atoms with E-state index in [1.54, 1.807) is 13.0 Å². The maximum absolute atomic E-state index is 11.4. The molecule has 0 aliphatic heterocycles. The van der Waals surface area contributed by atoms with E-state index in [0.717, 1.165) is 18.1 Å². The van der Waals surface area contributed by atoms with Crippen LogP contribution >= 0.6 is 0 Å². The normalized spacial score (nSPS) is 13.9. The Balaban J connectivity index is 4.51. The summed E-state index contributed by atoms with van der Waals surface area (Å²) in [4.78, 5) is 11.4. The zero-order valence-corrected chi connectivity index (χ0v) is 12.8. The van der Waals surface area contributed by atoms with Crippen molar-refractivity contribution >= 4 is 14.3 Å². The highest BCUT2D eigenvalue weighted by Crippen LogP contribution is 2.24. The Morgan fingerprint density at radius 2 is 1.71 bits per heavy atom.